The summed E-state index contributed by atoms with van der Waals surface area (Å²) in [4.78, 5) is 19.7. The summed E-state index contributed by atoms with van der Waals surface area (Å²) in [5.41, 5.74) is 6.96. The average Bonchev–Trinajstić information content (AvgIpc) is 2.68. The highest BCUT2D eigenvalue weighted by Crippen LogP contribution is 2.38. The SMILES string of the molecule is NC1=NC(c2cc(NC(=O)c3ncc(C(F)F)cc3N)ccc2F)(C(F)F)COC1. The number of anilines is 2. The Bertz CT molecular complexity index is 1000. The van der Waals surface area contributed by atoms with Gasteiger partial charge in [-0.3, -0.25) is 9.79 Å². The Labute approximate surface area is 166 Å². The molecule has 1 aliphatic heterocycles. The van der Waals surface area contributed by atoms with Crippen LogP contribution in [0.4, 0.5) is 33.3 Å². The fourth-order valence-electron chi connectivity index (χ4n) is 2.93. The third kappa shape index (κ3) is 4.03. The van der Waals surface area contributed by atoms with E-state index in [1.54, 1.807) is 0 Å². The second kappa shape index (κ2) is 8.22. The second-order valence-corrected chi connectivity index (χ2v) is 6.48. The molecule has 1 aromatic carbocycles. The number of hydrogen-bond acceptors (Lipinski definition) is 6. The molecule has 160 valence electrons. The van der Waals surface area contributed by atoms with Gasteiger partial charge in [-0.15, -0.1) is 0 Å². The molecule has 0 saturated carbocycles. The number of carbonyl (C=O) groups is 1. The minimum absolute atomic E-state index is 0.0742. The predicted octanol–water partition coefficient (Wildman–Crippen LogP) is 2.84. The largest absolute Gasteiger partial charge is 0.397 e. The highest BCUT2D eigenvalue weighted by molar-refractivity contribution is 6.06. The number of amides is 1. The number of nitrogens with two attached hydrogens (primary N) is 2. The summed E-state index contributed by atoms with van der Waals surface area (Å²) in [5, 5.41) is 2.32. The van der Waals surface area contributed by atoms with Crippen molar-refractivity contribution in [2.24, 2.45) is 10.7 Å². The zero-order valence-corrected chi connectivity index (χ0v) is 15.2. The third-order valence-corrected chi connectivity index (χ3v) is 4.37. The monoisotopic (exact) mass is 429 g/mol. The van der Waals surface area contributed by atoms with Crippen LogP contribution in [-0.2, 0) is 10.3 Å². The van der Waals surface area contributed by atoms with Gasteiger partial charge in [-0.2, -0.15) is 0 Å². The maximum absolute atomic E-state index is 14.4. The summed E-state index contributed by atoms with van der Waals surface area (Å²) < 4.78 is 72.5. The zero-order chi connectivity index (χ0) is 22.1. The summed E-state index contributed by atoms with van der Waals surface area (Å²) in [6.07, 6.45) is -5.20. The lowest BCUT2D eigenvalue weighted by Gasteiger charge is -2.33. The van der Waals surface area contributed by atoms with Crippen LogP contribution in [0, 0.1) is 5.82 Å². The molecule has 30 heavy (non-hydrogen) atoms. The van der Waals surface area contributed by atoms with Crippen molar-refractivity contribution in [1.82, 2.24) is 4.98 Å². The smallest absolute Gasteiger partial charge is 0.276 e. The fraction of sp³-hybridized carbons (Fsp3) is 0.278. The molecule has 0 spiro atoms. The lowest BCUT2D eigenvalue weighted by Crippen LogP contribution is -2.45. The molecule has 1 unspecified atom stereocenters. The van der Waals surface area contributed by atoms with E-state index < -0.39 is 47.8 Å². The number of halogens is 5. The number of aliphatic imine (C=N–C) groups is 1. The van der Waals surface area contributed by atoms with Gasteiger partial charge in [0, 0.05) is 23.0 Å². The van der Waals surface area contributed by atoms with E-state index in [4.69, 9.17) is 16.2 Å². The normalized spacial score (nSPS) is 19.1. The van der Waals surface area contributed by atoms with E-state index in [0.717, 1.165) is 30.5 Å². The number of benzene rings is 1. The first kappa shape index (κ1) is 21.4. The summed E-state index contributed by atoms with van der Waals surface area (Å²) >= 11 is 0. The van der Waals surface area contributed by atoms with Crippen LogP contribution in [0.2, 0.25) is 0 Å². The van der Waals surface area contributed by atoms with Crippen LogP contribution in [0.1, 0.15) is 28.0 Å². The average molecular weight is 429 g/mol. The highest BCUT2D eigenvalue weighted by Gasteiger charge is 2.46. The summed E-state index contributed by atoms with van der Waals surface area (Å²) in [7, 11) is 0. The molecule has 1 amide bonds. The van der Waals surface area contributed by atoms with Crippen molar-refractivity contribution in [1.29, 1.82) is 0 Å². The van der Waals surface area contributed by atoms with Crippen molar-refractivity contribution in [2.45, 2.75) is 18.4 Å². The molecule has 7 nitrogen and oxygen atoms in total. The maximum atomic E-state index is 14.4. The first-order chi connectivity index (χ1) is 14.1. The minimum Gasteiger partial charge on any atom is -0.397 e. The van der Waals surface area contributed by atoms with Crippen molar-refractivity contribution in [3.63, 3.8) is 0 Å². The van der Waals surface area contributed by atoms with Gasteiger partial charge in [-0.1, -0.05) is 0 Å². The number of nitrogen functional groups attached to an aromatic ring is 1. The molecule has 1 aliphatic rings. The number of aromatic nitrogens is 1. The quantitative estimate of drug-likeness (QED) is 0.633. The third-order valence-electron chi connectivity index (χ3n) is 4.37. The van der Waals surface area contributed by atoms with Gasteiger partial charge in [0.2, 0.25) is 0 Å². The van der Waals surface area contributed by atoms with E-state index in [2.05, 4.69) is 15.3 Å². The minimum atomic E-state index is -3.16. The van der Waals surface area contributed by atoms with Crippen molar-refractivity contribution in [2.75, 3.05) is 24.3 Å². The van der Waals surface area contributed by atoms with Crippen LogP contribution in [0.3, 0.4) is 0 Å². The van der Waals surface area contributed by atoms with Crippen LogP contribution in [0.15, 0.2) is 35.5 Å². The van der Waals surface area contributed by atoms with Gasteiger partial charge in [0.05, 0.1) is 12.3 Å². The van der Waals surface area contributed by atoms with Gasteiger partial charge in [0.25, 0.3) is 18.8 Å². The van der Waals surface area contributed by atoms with Gasteiger partial charge in [-0.05, 0) is 24.3 Å². The number of nitrogens with zero attached hydrogens (tertiary/aromatic N) is 2. The molecule has 2 heterocycles. The Kier molecular flexibility index (Phi) is 5.87. The molecular formula is C18H16F5N5O2. The first-order valence-corrected chi connectivity index (χ1v) is 8.49. The molecule has 0 bridgehead atoms. The molecule has 0 aliphatic carbocycles. The number of nitrogens with one attached hydrogen (secondary N) is 1. The fourth-order valence-corrected chi connectivity index (χ4v) is 2.93. The van der Waals surface area contributed by atoms with Crippen LogP contribution < -0.4 is 16.8 Å². The first-order valence-electron chi connectivity index (χ1n) is 8.49. The van der Waals surface area contributed by atoms with E-state index in [0.29, 0.717) is 0 Å². The van der Waals surface area contributed by atoms with E-state index in [1.165, 1.54) is 0 Å². The van der Waals surface area contributed by atoms with Crippen molar-refractivity contribution in [3.8, 4) is 0 Å². The van der Waals surface area contributed by atoms with Crippen molar-refractivity contribution < 1.29 is 31.5 Å². The van der Waals surface area contributed by atoms with Gasteiger partial charge < -0.3 is 21.5 Å². The van der Waals surface area contributed by atoms with Crippen LogP contribution in [0.5, 0.6) is 0 Å². The number of carbonyl (C=O) groups excluding carboxylic acids is 1. The highest BCUT2D eigenvalue weighted by atomic mass is 19.3. The molecule has 2 aromatic rings. The van der Waals surface area contributed by atoms with E-state index >= 15 is 0 Å². The Morgan fingerprint density at radius 2 is 1.93 bits per heavy atom. The lowest BCUT2D eigenvalue weighted by molar-refractivity contribution is -0.0145. The van der Waals surface area contributed by atoms with Crippen molar-refractivity contribution in [3.05, 3.63) is 53.1 Å². The predicted molar refractivity (Wildman–Crippen MR) is 98.1 cm³/mol. The van der Waals surface area contributed by atoms with Crippen LogP contribution >= 0.6 is 0 Å². The number of ether oxygens (including phenoxy) is 1. The van der Waals surface area contributed by atoms with Crippen LogP contribution in [-0.4, -0.2) is 36.4 Å². The molecule has 5 N–H and O–H groups in total. The molecule has 1 atom stereocenters. The topological polar surface area (TPSA) is 116 Å². The molecule has 0 fully saturated rings. The van der Waals surface area contributed by atoms with Gasteiger partial charge in [0.15, 0.2) is 11.2 Å². The number of rotatable bonds is 5. The molecular weight excluding hydrogens is 413 g/mol. The molecule has 1 aromatic heterocycles. The number of amidine groups is 1. The number of pyridine rings is 1. The van der Waals surface area contributed by atoms with Gasteiger partial charge in [0.1, 0.15) is 18.3 Å². The Morgan fingerprint density at radius 1 is 1.20 bits per heavy atom. The number of hydrogen-bond donors (Lipinski definition) is 3. The Hall–Kier alpha value is -3.28. The zero-order valence-electron chi connectivity index (χ0n) is 15.2. The molecule has 0 radical (unpaired) electrons. The standard InChI is InChI=1S/C18H16F5N5O2/c19-11-2-1-9(4-10(11)18(17(22)23)7-30-6-13(25)28-18)27-16(29)14-12(24)3-8(5-26-14)15(20)21/h1-5,15,17H,6-7,24H2,(H2,25,28)(H,27,29). The maximum Gasteiger partial charge on any atom is 0.276 e. The van der Waals surface area contributed by atoms with E-state index in [9.17, 15) is 26.7 Å². The molecule has 12 heteroatoms. The second-order valence-electron chi connectivity index (χ2n) is 6.48. The molecule has 3 rings (SSSR count). The molecule has 0 saturated heterocycles. The van der Waals surface area contributed by atoms with E-state index in [1.807, 2.05) is 0 Å². The van der Waals surface area contributed by atoms with E-state index in [-0.39, 0.29) is 29.5 Å². The van der Waals surface area contributed by atoms with Gasteiger partial charge in [-0.25, -0.2) is 26.9 Å². The Morgan fingerprint density at radius 3 is 2.53 bits per heavy atom. The van der Waals surface area contributed by atoms with Crippen LogP contribution in [0.25, 0.3) is 0 Å². The Balaban J connectivity index is 1.94. The van der Waals surface area contributed by atoms with Gasteiger partial charge >= 0.3 is 0 Å². The van der Waals surface area contributed by atoms with Crippen molar-refractivity contribution >= 4 is 23.1 Å². The summed E-state index contributed by atoms with van der Waals surface area (Å²) in [6, 6.07) is 3.85. The summed E-state index contributed by atoms with van der Waals surface area (Å²) in [6.45, 7) is -0.796. The number of alkyl halides is 4. The summed E-state index contributed by atoms with van der Waals surface area (Å²) in [5.74, 6) is -2.14. The lowest BCUT2D eigenvalue weighted by atomic mass is 9.90.